The zero-order valence-electron chi connectivity index (χ0n) is 19.9. The number of rotatable bonds is 7. The molecule has 2 amide bonds. The van der Waals surface area contributed by atoms with E-state index in [0.29, 0.717) is 60.4 Å². The van der Waals surface area contributed by atoms with Crippen molar-refractivity contribution in [1.29, 1.82) is 0 Å². The van der Waals surface area contributed by atoms with E-state index >= 15 is 0 Å². The number of amides is 2. The standard InChI is InChI=1S/C23H28N6O5S.ClH/c1-15(30)24-7-8-25-22(31)16-3-5-19-18(13-16)21(23(32)27-19)20-6-4-17(14-26-20)35(33,34)29-11-9-28(2)10-12-29;/h3-6,13-14,27,32H,7-12H2,1-2H3,(H,24,30)(H,25,31);1H. The molecule has 4 N–H and O–H groups in total. The van der Waals surface area contributed by atoms with Crippen LogP contribution in [0.25, 0.3) is 22.2 Å². The molecule has 0 aliphatic carbocycles. The summed E-state index contributed by atoms with van der Waals surface area (Å²) in [5.41, 5.74) is 1.71. The highest BCUT2D eigenvalue weighted by molar-refractivity contribution is 7.89. The monoisotopic (exact) mass is 536 g/mol. The quantitative estimate of drug-likeness (QED) is 0.331. The van der Waals surface area contributed by atoms with Crippen LogP contribution in [0, 0.1) is 0 Å². The van der Waals surface area contributed by atoms with Crippen LogP contribution in [-0.4, -0.2) is 90.8 Å². The molecule has 1 fully saturated rings. The van der Waals surface area contributed by atoms with E-state index in [2.05, 4.69) is 25.5 Å². The molecule has 1 aromatic carbocycles. The molecule has 3 heterocycles. The van der Waals surface area contributed by atoms with E-state index in [1.54, 1.807) is 24.3 Å². The predicted octanol–water partition coefficient (Wildman–Crippen LogP) is 1.16. The van der Waals surface area contributed by atoms with Gasteiger partial charge in [-0.25, -0.2) is 8.42 Å². The molecular formula is C23H29ClN6O5S. The van der Waals surface area contributed by atoms with E-state index in [1.807, 2.05) is 7.05 Å². The number of sulfonamides is 1. The van der Waals surface area contributed by atoms with Crippen LogP contribution in [0.3, 0.4) is 0 Å². The number of piperazine rings is 1. The van der Waals surface area contributed by atoms with Crippen molar-refractivity contribution >= 4 is 45.1 Å². The number of nitrogens with zero attached hydrogens (tertiary/aromatic N) is 3. The Kier molecular flexibility index (Phi) is 8.56. The molecular weight excluding hydrogens is 508 g/mol. The van der Waals surface area contributed by atoms with Crippen molar-refractivity contribution in [3.05, 3.63) is 42.1 Å². The number of aromatic amines is 1. The SMILES string of the molecule is CC(=O)NCCNC(=O)c1ccc2[nH]c(O)c(-c3ccc(S(=O)(=O)N4CCN(C)CC4)cn3)c2c1.Cl. The Morgan fingerprint density at radius 3 is 2.42 bits per heavy atom. The van der Waals surface area contributed by atoms with Crippen LogP contribution < -0.4 is 10.6 Å². The minimum Gasteiger partial charge on any atom is -0.494 e. The summed E-state index contributed by atoms with van der Waals surface area (Å²) in [6.07, 6.45) is 1.29. The molecule has 194 valence electrons. The lowest BCUT2D eigenvalue weighted by Crippen LogP contribution is -2.47. The Labute approximate surface area is 215 Å². The zero-order chi connectivity index (χ0) is 25.2. The summed E-state index contributed by atoms with van der Waals surface area (Å²) in [5, 5.41) is 16.4. The van der Waals surface area contributed by atoms with Crippen LogP contribution in [0.5, 0.6) is 5.88 Å². The summed E-state index contributed by atoms with van der Waals surface area (Å²) >= 11 is 0. The third kappa shape index (κ3) is 5.78. The third-order valence-corrected chi connectivity index (χ3v) is 7.80. The minimum atomic E-state index is -3.66. The lowest BCUT2D eigenvalue weighted by Gasteiger charge is -2.31. The summed E-state index contributed by atoms with van der Waals surface area (Å²) in [6, 6.07) is 7.95. The van der Waals surface area contributed by atoms with Gasteiger partial charge in [-0.2, -0.15) is 4.31 Å². The molecule has 2 aromatic heterocycles. The van der Waals surface area contributed by atoms with E-state index in [9.17, 15) is 23.1 Å². The second-order valence-corrected chi connectivity index (χ2v) is 10.4. The maximum atomic E-state index is 13.0. The number of aromatic hydroxyl groups is 1. The highest BCUT2D eigenvalue weighted by atomic mass is 35.5. The van der Waals surface area contributed by atoms with Gasteiger partial charge in [0.1, 0.15) is 4.90 Å². The lowest BCUT2D eigenvalue weighted by atomic mass is 10.1. The molecule has 1 saturated heterocycles. The Morgan fingerprint density at radius 1 is 1.08 bits per heavy atom. The van der Waals surface area contributed by atoms with E-state index in [4.69, 9.17) is 0 Å². The summed E-state index contributed by atoms with van der Waals surface area (Å²) in [7, 11) is -1.71. The molecule has 4 rings (SSSR count). The van der Waals surface area contributed by atoms with Gasteiger partial charge in [0.2, 0.25) is 15.9 Å². The number of fused-ring (bicyclic) bond motifs is 1. The fourth-order valence-electron chi connectivity index (χ4n) is 3.95. The minimum absolute atomic E-state index is 0. The van der Waals surface area contributed by atoms with Crippen LogP contribution in [0.4, 0.5) is 0 Å². The van der Waals surface area contributed by atoms with Gasteiger partial charge in [0, 0.05) is 68.9 Å². The van der Waals surface area contributed by atoms with E-state index < -0.39 is 10.0 Å². The highest BCUT2D eigenvalue weighted by Gasteiger charge is 2.28. The van der Waals surface area contributed by atoms with Crippen molar-refractivity contribution < 1.29 is 23.1 Å². The third-order valence-electron chi connectivity index (χ3n) is 5.92. The molecule has 0 bridgehead atoms. The Hall–Kier alpha value is -3.19. The van der Waals surface area contributed by atoms with Gasteiger partial charge in [-0.05, 0) is 37.4 Å². The Bertz CT molecular complexity index is 1350. The maximum Gasteiger partial charge on any atom is 0.251 e. The van der Waals surface area contributed by atoms with Crippen molar-refractivity contribution in [2.45, 2.75) is 11.8 Å². The van der Waals surface area contributed by atoms with Crippen molar-refractivity contribution in [2.75, 3.05) is 46.3 Å². The molecule has 13 heteroatoms. The molecule has 0 atom stereocenters. The average Bonchev–Trinajstić information content (AvgIpc) is 3.16. The van der Waals surface area contributed by atoms with E-state index in [1.165, 1.54) is 23.5 Å². The van der Waals surface area contributed by atoms with Crippen molar-refractivity contribution in [3.63, 3.8) is 0 Å². The first-order chi connectivity index (χ1) is 16.7. The Morgan fingerprint density at radius 2 is 1.78 bits per heavy atom. The number of likely N-dealkylation sites (N-methyl/N-ethyl adjacent to an activating group) is 1. The van der Waals surface area contributed by atoms with Gasteiger partial charge in [0.15, 0.2) is 5.88 Å². The predicted molar refractivity (Wildman–Crippen MR) is 138 cm³/mol. The van der Waals surface area contributed by atoms with Crippen LogP contribution in [0.1, 0.15) is 17.3 Å². The summed E-state index contributed by atoms with van der Waals surface area (Å²) < 4.78 is 27.4. The number of pyridine rings is 1. The number of carbonyl (C=O) groups excluding carboxylic acids is 2. The van der Waals surface area contributed by atoms with Crippen LogP contribution in [-0.2, 0) is 14.8 Å². The van der Waals surface area contributed by atoms with E-state index in [-0.39, 0.29) is 41.5 Å². The lowest BCUT2D eigenvalue weighted by molar-refractivity contribution is -0.118. The largest absolute Gasteiger partial charge is 0.494 e. The summed E-state index contributed by atoms with van der Waals surface area (Å²) in [5.74, 6) is -0.640. The van der Waals surface area contributed by atoms with Crippen LogP contribution >= 0.6 is 12.4 Å². The summed E-state index contributed by atoms with van der Waals surface area (Å²) in [6.45, 7) is 4.14. The van der Waals surface area contributed by atoms with Gasteiger partial charge in [-0.1, -0.05) is 0 Å². The highest BCUT2D eigenvalue weighted by Crippen LogP contribution is 2.36. The molecule has 36 heavy (non-hydrogen) atoms. The molecule has 3 aromatic rings. The van der Waals surface area contributed by atoms with Gasteiger partial charge in [-0.15, -0.1) is 12.4 Å². The van der Waals surface area contributed by atoms with Crippen molar-refractivity contribution in [3.8, 4) is 17.1 Å². The number of aromatic nitrogens is 2. The normalized spacial score (nSPS) is 14.8. The number of carbonyl (C=O) groups is 2. The van der Waals surface area contributed by atoms with Gasteiger partial charge < -0.3 is 25.6 Å². The molecule has 0 saturated carbocycles. The first-order valence-corrected chi connectivity index (χ1v) is 12.6. The maximum absolute atomic E-state index is 13.0. The first kappa shape index (κ1) is 27.4. The molecule has 0 spiro atoms. The average molecular weight is 537 g/mol. The van der Waals surface area contributed by atoms with Crippen LogP contribution in [0.2, 0.25) is 0 Å². The van der Waals surface area contributed by atoms with Gasteiger partial charge in [-0.3, -0.25) is 14.6 Å². The number of halogens is 1. The second kappa shape index (κ2) is 11.2. The van der Waals surface area contributed by atoms with Crippen LogP contribution in [0.15, 0.2) is 41.4 Å². The number of benzene rings is 1. The number of H-pyrrole nitrogens is 1. The second-order valence-electron chi connectivity index (χ2n) is 8.43. The molecule has 0 radical (unpaired) electrons. The van der Waals surface area contributed by atoms with Gasteiger partial charge in [0.25, 0.3) is 5.91 Å². The molecule has 1 aliphatic rings. The smallest absolute Gasteiger partial charge is 0.251 e. The van der Waals surface area contributed by atoms with Gasteiger partial charge in [0.05, 0.1) is 11.3 Å². The van der Waals surface area contributed by atoms with E-state index in [0.717, 1.165) is 0 Å². The Balaban J connectivity index is 0.00000361. The number of hydrogen-bond donors (Lipinski definition) is 4. The zero-order valence-corrected chi connectivity index (χ0v) is 21.6. The number of nitrogens with one attached hydrogen (secondary N) is 3. The fourth-order valence-corrected chi connectivity index (χ4v) is 5.32. The fraction of sp³-hybridized carbons (Fsp3) is 0.348. The van der Waals surface area contributed by atoms with Crippen molar-refractivity contribution in [1.82, 2.24) is 29.8 Å². The topological polar surface area (TPSA) is 148 Å². The first-order valence-electron chi connectivity index (χ1n) is 11.2. The van der Waals surface area contributed by atoms with Gasteiger partial charge >= 0.3 is 0 Å². The number of hydrogen-bond acceptors (Lipinski definition) is 7. The molecule has 11 nitrogen and oxygen atoms in total. The van der Waals surface area contributed by atoms with Crippen molar-refractivity contribution in [2.24, 2.45) is 0 Å². The summed E-state index contributed by atoms with van der Waals surface area (Å²) in [4.78, 5) is 32.8. The molecule has 1 aliphatic heterocycles. The molecule has 0 unspecified atom stereocenters.